The minimum atomic E-state index is -0.306. The first-order chi connectivity index (χ1) is 9.17. The maximum absolute atomic E-state index is 11.8. The average Bonchev–Trinajstić information content (AvgIpc) is 2.90. The third kappa shape index (κ3) is 9.50. The standard InChI is InChI=1S/C13H27N3O3.2ClH/c1-16(8-9-18-2)7-3-6-15-13(17)12-5-4-11(10-14)19-12;;/h11-12H,3-10,14H2,1-2H3,(H,15,17);2*1H/t11-,12+;;/m1../s1. The van der Waals surface area contributed by atoms with Crippen molar-refractivity contribution in [2.24, 2.45) is 5.73 Å². The summed E-state index contributed by atoms with van der Waals surface area (Å²) in [6.07, 6.45) is 2.34. The van der Waals surface area contributed by atoms with Gasteiger partial charge in [0.05, 0.1) is 12.7 Å². The van der Waals surface area contributed by atoms with E-state index in [0.717, 1.165) is 39.0 Å². The summed E-state index contributed by atoms with van der Waals surface area (Å²) in [5.41, 5.74) is 5.52. The van der Waals surface area contributed by atoms with Crippen LogP contribution < -0.4 is 11.1 Å². The highest BCUT2D eigenvalue weighted by atomic mass is 35.5. The van der Waals surface area contributed by atoms with E-state index in [-0.39, 0.29) is 42.9 Å². The van der Waals surface area contributed by atoms with Crippen LogP contribution in [0.5, 0.6) is 0 Å². The van der Waals surface area contributed by atoms with Crippen LogP contribution in [0.1, 0.15) is 19.3 Å². The molecule has 0 saturated carbocycles. The first-order valence-corrected chi connectivity index (χ1v) is 6.98. The van der Waals surface area contributed by atoms with Gasteiger partial charge in [0.1, 0.15) is 6.10 Å². The summed E-state index contributed by atoms with van der Waals surface area (Å²) < 4.78 is 10.5. The number of amides is 1. The Kier molecular flexibility index (Phi) is 14.9. The van der Waals surface area contributed by atoms with Crippen LogP contribution in [0.25, 0.3) is 0 Å². The number of ether oxygens (including phenoxy) is 2. The summed E-state index contributed by atoms with van der Waals surface area (Å²) in [5.74, 6) is -0.00417. The van der Waals surface area contributed by atoms with Gasteiger partial charge >= 0.3 is 0 Å². The van der Waals surface area contributed by atoms with Crippen molar-refractivity contribution in [3.8, 4) is 0 Å². The summed E-state index contributed by atoms with van der Waals surface area (Å²) in [5, 5.41) is 2.92. The van der Waals surface area contributed by atoms with Crippen LogP contribution in [0.15, 0.2) is 0 Å². The molecule has 1 aliphatic heterocycles. The van der Waals surface area contributed by atoms with Gasteiger partial charge in [-0.1, -0.05) is 0 Å². The van der Waals surface area contributed by atoms with Crippen molar-refractivity contribution in [1.29, 1.82) is 0 Å². The molecule has 2 atom stereocenters. The highest BCUT2D eigenvalue weighted by Gasteiger charge is 2.29. The third-order valence-electron chi connectivity index (χ3n) is 3.36. The van der Waals surface area contributed by atoms with Gasteiger partial charge in [-0.25, -0.2) is 0 Å². The predicted octanol–water partition coefficient (Wildman–Crippen LogP) is 0.421. The molecule has 128 valence electrons. The minimum absolute atomic E-state index is 0. The van der Waals surface area contributed by atoms with E-state index in [4.69, 9.17) is 15.2 Å². The molecule has 0 aliphatic carbocycles. The van der Waals surface area contributed by atoms with Gasteiger partial charge in [-0.3, -0.25) is 4.79 Å². The van der Waals surface area contributed by atoms with Gasteiger partial charge in [0.2, 0.25) is 5.91 Å². The highest BCUT2D eigenvalue weighted by Crippen LogP contribution is 2.18. The second-order valence-corrected chi connectivity index (χ2v) is 5.00. The molecule has 0 aromatic rings. The van der Waals surface area contributed by atoms with Gasteiger partial charge in [0.25, 0.3) is 0 Å². The smallest absolute Gasteiger partial charge is 0.249 e. The second kappa shape index (κ2) is 13.5. The zero-order chi connectivity index (χ0) is 14.1. The van der Waals surface area contributed by atoms with Gasteiger partial charge in [-0.15, -0.1) is 24.8 Å². The van der Waals surface area contributed by atoms with Gasteiger partial charge in [-0.2, -0.15) is 0 Å². The fraction of sp³-hybridized carbons (Fsp3) is 0.923. The van der Waals surface area contributed by atoms with Gasteiger partial charge in [-0.05, 0) is 32.9 Å². The van der Waals surface area contributed by atoms with Crippen molar-refractivity contribution in [3.63, 3.8) is 0 Å². The second-order valence-electron chi connectivity index (χ2n) is 5.00. The molecule has 0 aromatic heterocycles. The Balaban J connectivity index is 0. The van der Waals surface area contributed by atoms with Crippen LogP contribution in [-0.2, 0) is 14.3 Å². The Bertz CT molecular complexity index is 273. The van der Waals surface area contributed by atoms with Gasteiger partial charge in [0, 0.05) is 26.7 Å². The lowest BCUT2D eigenvalue weighted by Crippen LogP contribution is -2.37. The number of hydrogen-bond donors (Lipinski definition) is 2. The van der Waals surface area contributed by atoms with E-state index in [1.54, 1.807) is 7.11 Å². The topological polar surface area (TPSA) is 76.8 Å². The van der Waals surface area contributed by atoms with E-state index >= 15 is 0 Å². The van der Waals surface area contributed by atoms with E-state index in [1.807, 2.05) is 7.05 Å². The van der Waals surface area contributed by atoms with Crippen molar-refractivity contribution >= 4 is 30.7 Å². The Morgan fingerprint density at radius 2 is 2.10 bits per heavy atom. The Morgan fingerprint density at radius 1 is 1.38 bits per heavy atom. The van der Waals surface area contributed by atoms with Gasteiger partial charge < -0.3 is 25.4 Å². The Morgan fingerprint density at radius 3 is 2.67 bits per heavy atom. The number of rotatable bonds is 9. The number of nitrogens with one attached hydrogen (secondary N) is 1. The van der Waals surface area contributed by atoms with Crippen LogP contribution in [0.3, 0.4) is 0 Å². The number of hydrogen-bond acceptors (Lipinski definition) is 5. The SMILES string of the molecule is COCCN(C)CCCNC(=O)[C@@H]1CC[C@H](CN)O1.Cl.Cl. The maximum Gasteiger partial charge on any atom is 0.249 e. The number of nitrogens with two attached hydrogens (primary N) is 1. The maximum atomic E-state index is 11.8. The molecule has 1 aliphatic rings. The van der Waals surface area contributed by atoms with E-state index in [9.17, 15) is 4.79 Å². The number of methoxy groups -OCH3 is 1. The molecule has 1 fully saturated rings. The Labute approximate surface area is 139 Å². The number of halogens is 2. The van der Waals surface area contributed by atoms with Crippen LogP contribution in [0.4, 0.5) is 0 Å². The lowest BCUT2D eigenvalue weighted by Gasteiger charge is -2.16. The molecular formula is C13H29Cl2N3O3. The largest absolute Gasteiger partial charge is 0.383 e. The summed E-state index contributed by atoms with van der Waals surface area (Å²) in [6, 6.07) is 0. The number of carbonyl (C=O) groups excluding carboxylic acids is 1. The summed E-state index contributed by atoms with van der Waals surface area (Å²) in [6.45, 7) is 3.77. The average molecular weight is 346 g/mol. The first-order valence-electron chi connectivity index (χ1n) is 6.98. The van der Waals surface area contributed by atoms with Crippen molar-refractivity contribution in [2.45, 2.75) is 31.5 Å². The van der Waals surface area contributed by atoms with E-state index in [1.165, 1.54) is 0 Å². The zero-order valence-electron chi connectivity index (χ0n) is 12.9. The molecule has 8 heteroatoms. The first kappa shape index (κ1) is 23.2. The third-order valence-corrected chi connectivity index (χ3v) is 3.36. The molecule has 0 bridgehead atoms. The molecule has 0 unspecified atom stereocenters. The lowest BCUT2D eigenvalue weighted by atomic mass is 10.2. The molecule has 1 heterocycles. The summed E-state index contributed by atoms with van der Waals surface area (Å²) >= 11 is 0. The summed E-state index contributed by atoms with van der Waals surface area (Å²) in [7, 11) is 3.75. The normalized spacial score (nSPS) is 20.8. The highest BCUT2D eigenvalue weighted by molar-refractivity contribution is 5.85. The molecule has 1 rings (SSSR count). The number of nitrogens with zero attached hydrogens (tertiary/aromatic N) is 1. The van der Waals surface area contributed by atoms with Crippen LogP contribution in [0, 0.1) is 0 Å². The van der Waals surface area contributed by atoms with Crippen molar-refractivity contribution < 1.29 is 14.3 Å². The predicted molar refractivity (Wildman–Crippen MR) is 88.4 cm³/mol. The molecule has 6 nitrogen and oxygen atoms in total. The summed E-state index contributed by atoms with van der Waals surface area (Å²) in [4.78, 5) is 14.0. The fourth-order valence-corrected chi connectivity index (χ4v) is 2.11. The van der Waals surface area contributed by atoms with Crippen LogP contribution in [-0.4, -0.2) is 70.0 Å². The number of carbonyl (C=O) groups is 1. The molecule has 21 heavy (non-hydrogen) atoms. The van der Waals surface area contributed by atoms with Gasteiger partial charge in [0.15, 0.2) is 0 Å². The minimum Gasteiger partial charge on any atom is -0.383 e. The monoisotopic (exact) mass is 345 g/mol. The number of likely N-dealkylation sites (N-methyl/N-ethyl adjacent to an activating group) is 1. The molecular weight excluding hydrogens is 317 g/mol. The van der Waals surface area contributed by atoms with Crippen molar-refractivity contribution in [1.82, 2.24) is 10.2 Å². The molecule has 1 amide bonds. The molecule has 3 N–H and O–H groups in total. The van der Waals surface area contributed by atoms with Crippen molar-refractivity contribution in [2.75, 3.05) is 46.9 Å². The van der Waals surface area contributed by atoms with E-state index < -0.39 is 0 Å². The molecule has 0 aromatic carbocycles. The van der Waals surface area contributed by atoms with Crippen LogP contribution in [0.2, 0.25) is 0 Å². The molecule has 1 saturated heterocycles. The van der Waals surface area contributed by atoms with Crippen molar-refractivity contribution in [3.05, 3.63) is 0 Å². The quantitative estimate of drug-likeness (QED) is 0.592. The molecule has 0 radical (unpaired) electrons. The molecule has 0 spiro atoms. The van der Waals surface area contributed by atoms with E-state index in [0.29, 0.717) is 13.1 Å². The fourth-order valence-electron chi connectivity index (χ4n) is 2.11. The zero-order valence-corrected chi connectivity index (χ0v) is 14.5. The Hall–Kier alpha value is -0.110. The lowest BCUT2D eigenvalue weighted by molar-refractivity contribution is -0.131. The van der Waals surface area contributed by atoms with E-state index in [2.05, 4.69) is 10.2 Å². The van der Waals surface area contributed by atoms with Crippen LogP contribution >= 0.6 is 24.8 Å².